The fraction of sp³-hybridized carbons (Fsp3) is 0.778. The Bertz CT molecular complexity index is 240. The van der Waals surface area contributed by atoms with Gasteiger partial charge in [0.15, 0.2) is 0 Å². The molecule has 0 spiro atoms. The van der Waals surface area contributed by atoms with Crippen molar-refractivity contribution in [1.82, 2.24) is 5.32 Å². The van der Waals surface area contributed by atoms with Crippen LogP contribution in [-0.2, 0) is 9.59 Å². The topological polar surface area (TPSA) is 46.2 Å². The van der Waals surface area contributed by atoms with Crippen molar-refractivity contribution in [2.24, 2.45) is 5.92 Å². The molecule has 4 heteroatoms. The van der Waals surface area contributed by atoms with Crippen LogP contribution in [0.1, 0.15) is 27.2 Å². The first kappa shape index (κ1) is 10.6. The zero-order valence-corrected chi connectivity index (χ0v) is 9.03. The van der Waals surface area contributed by atoms with Crippen molar-refractivity contribution in [3.8, 4) is 0 Å². The molecular weight excluding hydrogens is 186 g/mol. The van der Waals surface area contributed by atoms with Crippen LogP contribution in [-0.4, -0.2) is 22.3 Å². The lowest BCUT2D eigenvalue weighted by Gasteiger charge is -2.32. The van der Waals surface area contributed by atoms with E-state index in [1.165, 1.54) is 11.8 Å². The number of rotatable bonds is 2. The zero-order valence-electron chi connectivity index (χ0n) is 8.22. The summed E-state index contributed by atoms with van der Waals surface area (Å²) in [6.45, 7) is 6.06. The van der Waals surface area contributed by atoms with Gasteiger partial charge >= 0.3 is 0 Å². The van der Waals surface area contributed by atoms with Crippen molar-refractivity contribution in [2.45, 2.75) is 31.9 Å². The van der Waals surface area contributed by atoms with Crippen molar-refractivity contribution >= 4 is 23.6 Å². The van der Waals surface area contributed by atoms with Crippen molar-refractivity contribution in [1.29, 1.82) is 0 Å². The van der Waals surface area contributed by atoms with Crippen LogP contribution in [0.4, 0.5) is 0 Å². The third kappa shape index (κ3) is 2.46. The average Bonchev–Trinajstić information content (AvgIpc) is 1.97. The van der Waals surface area contributed by atoms with Crippen LogP contribution >= 0.6 is 11.8 Å². The monoisotopic (exact) mass is 201 g/mol. The Balaban J connectivity index is 2.67. The molecule has 0 unspecified atom stereocenters. The van der Waals surface area contributed by atoms with E-state index < -0.39 is 4.75 Å². The van der Waals surface area contributed by atoms with E-state index in [1.54, 1.807) is 0 Å². The summed E-state index contributed by atoms with van der Waals surface area (Å²) < 4.78 is -0.415. The van der Waals surface area contributed by atoms with Gasteiger partial charge in [-0.05, 0) is 19.3 Å². The number of carbonyl (C=O) groups is 2. The maximum Gasteiger partial charge on any atom is 0.242 e. The van der Waals surface area contributed by atoms with Crippen molar-refractivity contribution in [3.63, 3.8) is 0 Å². The van der Waals surface area contributed by atoms with Gasteiger partial charge in [0.05, 0.1) is 10.5 Å². The highest BCUT2D eigenvalue weighted by Crippen LogP contribution is 2.34. The lowest BCUT2D eigenvalue weighted by Crippen LogP contribution is -2.51. The molecule has 1 N–H and O–H groups in total. The summed E-state index contributed by atoms with van der Waals surface area (Å²) in [6.07, 6.45) is 0.816. The van der Waals surface area contributed by atoms with Gasteiger partial charge in [-0.3, -0.25) is 14.9 Å². The quantitative estimate of drug-likeness (QED) is 0.682. The molecule has 0 aromatic carbocycles. The highest BCUT2D eigenvalue weighted by atomic mass is 32.2. The Morgan fingerprint density at radius 2 is 2.15 bits per heavy atom. The molecule has 0 radical (unpaired) electrons. The molecule has 0 bridgehead atoms. The lowest BCUT2D eigenvalue weighted by molar-refractivity contribution is -0.131. The molecule has 13 heavy (non-hydrogen) atoms. The largest absolute Gasteiger partial charge is 0.295 e. The lowest BCUT2D eigenvalue weighted by atomic mass is 9.97. The summed E-state index contributed by atoms with van der Waals surface area (Å²) in [7, 11) is 0. The molecule has 3 nitrogen and oxygen atoms in total. The molecule has 1 heterocycles. The van der Waals surface area contributed by atoms with E-state index in [2.05, 4.69) is 19.2 Å². The second-order valence-electron chi connectivity index (χ2n) is 3.99. The zero-order chi connectivity index (χ0) is 10.1. The fourth-order valence-corrected chi connectivity index (χ4v) is 2.67. The number of imide groups is 1. The van der Waals surface area contributed by atoms with Gasteiger partial charge < -0.3 is 0 Å². The highest BCUT2D eigenvalue weighted by Gasteiger charge is 2.39. The van der Waals surface area contributed by atoms with Gasteiger partial charge in [-0.2, -0.15) is 0 Å². The van der Waals surface area contributed by atoms with E-state index in [4.69, 9.17) is 0 Å². The van der Waals surface area contributed by atoms with Gasteiger partial charge in [-0.1, -0.05) is 13.8 Å². The number of nitrogens with one attached hydrogen (secondary N) is 1. The molecule has 74 valence electrons. The summed E-state index contributed by atoms with van der Waals surface area (Å²) in [4.78, 5) is 22.4. The van der Waals surface area contributed by atoms with E-state index in [0.29, 0.717) is 11.7 Å². The summed E-state index contributed by atoms with van der Waals surface area (Å²) >= 11 is 1.45. The molecule has 1 saturated heterocycles. The molecule has 0 aliphatic carbocycles. The van der Waals surface area contributed by atoms with E-state index >= 15 is 0 Å². The van der Waals surface area contributed by atoms with Crippen molar-refractivity contribution in [2.75, 3.05) is 5.75 Å². The predicted octanol–water partition coefficient (Wildman–Crippen LogP) is 1.18. The molecule has 1 fully saturated rings. The van der Waals surface area contributed by atoms with E-state index in [0.717, 1.165) is 6.42 Å². The van der Waals surface area contributed by atoms with Crippen LogP contribution in [0.3, 0.4) is 0 Å². The molecule has 1 aliphatic rings. The van der Waals surface area contributed by atoms with Gasteiger partial charge in [0.2, 0.25) is 11.8 Å². The number of hydrogen-bond acceptors (Lipinski definition) is 3. The number of hydrogen-bond donors (Lipinski definition) is 1. The molecular formula is C9H15NO2S. The standard InChI is InChI=1S/C9H15NO2S/c1-6(2)4-9(3)8(12)10-7(11)5-13-9/h6H,4-5H2,1-3H3,(H,10,11,12)/t9-/m0/s1. The Morgan fingerprint density at radius 3 is 2.62 bits per heavy atom. The number of amides is 2. The Kier molecular flexibility index (Phi) is 3.01. The van der Waals surface area contributed by atoms with Crippen molar-refractivity contribution in [3.05, 3.63) is 0 Å². The summed E-state index contributed by atoms with van der Waals surface area (Å²) in [5, 5.41) is 2.38. The van der Waals surface area contributed by atoms with Gasteiger partial charge in [0.1, 0.15) is 0 Å². The SMILES string of the molecule is CC(C)C[C@]1(C)SCC(=O)NC1=O. The normalized spacial score (nSPS) is 29.2. The van der Waals surface area contributed by atoms with Crippen molar-refractivity contribution < 1.29 is 9.59 Å². The summed E-state index contributed by atoms with van der Waals surface area (Å²) in [6, 6.07) is 0. The average molecular weight is 201 g/mol. The van der Waals surface area contributed by atoms with Gasteiger partial charge in [0, 0.05) is 0 Å². The van der Waals surface area contributed by atoms with E-state index in [-0.39, 0.29) is 11.8 Å². The maximum absolute atomic E-state index is 11.5. The van der Waals surface area contributed by atoms with Crippen LogP contribution in [0.5, 0.6) is 0 Å². The first-order chi connectivity index (χ1) is 5.94. The minimum atomic E-state index is -0.415. The van der Waals surface area contributed by atoms with Gasteiger partial charge in [0.25, 0.3) is 0 Å². The van der Waals surface area contributed by atoms with E-state index in [9.17, 15) is 9.59 Å². The van der Waals surface area contributed by atoms with Crippen LogP contribution < -0.4 is 5.32 Å². The first-order valence-electron chi connectivity index (χ1n) is 4.42. The van der Waals surface area contributed by atoms with Crippen LogP contribution in [0, 0.1) is 5.92 Å². The minimum absolute atomic E-state index is 0.137. The van der Waals surface area contributed by atoms with Crippen LogP contribution in [0.25, 0.3) is 0 Å². The number of thioether (sulfide) groups is 1. The maximum atomic E-state index is 11.5. The molecule has 0 saturated carbocycles. The Labute approximate surface area is 82.6 Å². The third-order valence-electron chi connectivity index (χ3n) is 2.05. The Hall–Kier alpha value is -0.510. The predicted molar refractivity (Wildman–Crippen MR) is 53.5 cm³/mol. The molecule has 2 amide bonds. The number of carbonyl (C=O) groups excluding carboxylic acids is 2. The van der Waals surface area contributed by atoms with Crippen LogP contribution in [0.2, 0.25) is 0 Å². The molecule has 0 aromatic rings. The molecule has 1 rings (SSSR count). The third-order valence-corrected chi connectivity index (χ3v) is 3.45. The Morgan fingerprint density at radius 1 is 1.54 bits per heavy atom. The van der Waals surface area contributed by atoms with Gasteiger partial charge in [-0.25, -0.2) is 0 Å². The summed E-state index contributed by atoms with van der Waals surface area (Å²) in [5.41, 5.74) is 0. The highest BCUT2D eigenvalue weighted by molar-refractivity contribution is 8.02. The molecule has 1 atom stereocenters. The smallest absolute Gasteiger partial charge is 0.242 e. The van der Waals surface area contributed by atoms with Crippen LogP contribution in [0.15, 0.2) is 0 Å². The molecule has 0 aromatic heterocycles. The first-order valence-corrected chi connectivity index (χ1v) is 5.41. The molecule has 1 aliphatic heterocycles. The minimum Gasteiger partial charge on any atom is -0.295 e. The van der Waals surface area contributed by atoms with Gasteiger partial charge in [-0.15, -0.1) is 11.8 Å². The van der Waals surface area contributed by atoms with E-state index in [1.807, 2.05) is 6.92 Å². The fourth-order valence-electron chi connectivity index (χ4n) is 1.52. The summed E-state index contributed by atoms with van der Waals surface area (Å²) in [5.74, 6) is 0.560. The second kappa shape index (κ2) is 3.70. The second-order valence-corrected chi connectivity index (χ2v) is 5.47.